The monoisotopic (exact) mass is 260 g/mol. The van der Waals surface area contributed by atoms with Crippen LogP contribution in [0.3, 0.4) is 0 Å². The van der Waals surface area contributed by atoms with Crippen molar-refractivity contribution in [1.29, 1.82) is 0 Å². The maximum atomic E-state index is 11.0. The molecule has 2 N–H and O–H groups in total. The van der Waals surface area contributed by atoms with Crippen LogP contribution in [0.1, 0.15) is 21.6 Å². The normalized spacial score (nSPS) is 10.3. The van der Waals surface area contributed by atoms with Gasteiger partial charge in [-0.25, -0.2) is 0 Å². The second-order valence-corrected chi connectivity index (χ2v) is 4.46. The molecule has 0 radical (unpaired) electrons. The van der Waals surface area contributed by atoms with Gasteiger partial charge in [0.25, 0.3) is 0 Å². The van der Waals surface area contributed by atoms with E-state index in [1.807, 2.05) is 24.3 Å². The van der Waals surface area contributed by atoms with E-state index in [1.54, 1.807) is 18.3 Å². The predicted octanol–water partition coefficient (Wildman–Crippen LogP) is 2.62. The zero-order valence-corrected chi connectivity index (χ0v) is 10.5. The maximum absolute atomic E-state index is 11.0. The third kappa shape index (κ3) is 3.31. The number of carbonyl (C=O) groups excluding carboxylic acids is 1. The summed E-state index contributed by atoms with van der Waals surface area (Å²) in [6.45, 7) is 0. The van der Waals surface area contributed by atoms with Crippen LogP contribution < -0.4 is 5.73 Å². The molecule has 0 aliphatic rings. The zero-order chi connectivity index (χ0) is 13.0. The Labute approximate surface area is 111 Å². The highest BCUT2D eigenvalue weighted by atomic mass is 35.5. The van der Waals surface area contributed by atoms with Crippen molar-refractivity contribution in [3.63, 3.8) is 0 Å². The molecule has 0 saturated carbocycles. The lowest BCUT2D eigenvalue weighted by Crippen LogP contribution is -2.11. The van der Waals surface area contributed by atoms with Gasteiger partial charge in [-0.15, -0.1) is 0 Å². The molecule has 0 aliphatic carbocycles. The number of aryl methyl sites for hydroxylation is 2. The molecule has 1 heterocycles. The summed E-state index contributed by atoms with van der Waals surface area (Å²) in [4.78, 5) is 15.3. The summed E-state index contributed by atoms with van der Waals surface area (Å²) in [6.07, 6.45) is 3.23. The molecule has 2 aromatic rings. The molecule has 3 nitrogen and oxygen atoms in total. The summed E-state index contributed by atoms with van der Waals surface area (Å²) >= 11 is 5.82. The quantitative estimate of drug-likeness (QED) is 0.919. The number of hydrogen-bond donors (Lipinski definition) is 1. The Morgan fingerprint density at radius 1 is 1.17 bits per heavy atom. The van der Waals surface area contributed by atoms with E-state index in [4.69, 9.17) is 17.3 Å². The molecule has 0 saturated heterocycles. The fraction of sp³-hybridized carbons (Fsp3) is 0.143. The molecule has 1 aromatic heterocycles. The molecule has 0 spiro atoms. The van der Waals surface area contributed by atoms with E-state index in [1.165, 1.54) is 5.56 Å². The van der Waals surface area contributed by atoms with Gasteiger partial charge >= 0.3 is 0 Å². The molecule has 0 atom stereocenters. The molecule has 0 fully saturated rings. The van der Waals surface area contributed by atoms with Crippen molar-refractivity contribution in [2.24, 2.45) is 5.73 Å². The number of benzene rings is 1. The summed E-state index contributed by atoms with van der Waals surface area (Å²) in [5.74, 6) is -0.426. The lowest BCUT2D eigenvalue weighted by atomic mass is 10.1. The molecular formula is C14H13ClN2O. The van der Waals surface area contributed by atoms with Gasteiger partial charge in [-0.05, 0) is 42.7 Å². The van der Waals surface area contributed by atoms with Gasteiger partial charge in [-0.2, -0.15) is 0 Å². The third-order valence-electron chi connectivity index (χ3n) is 2.68. The summed E-state index contributed by atoms with van der Waals surface area (Å²) in [5.41, 5.74) is 7.77. The van der Waals surface area contributed by atoms with Gasteiger partial charge in [-0.1, -0.05) is 23.7 Å². The third-order valence-corrected chi connectivity index (χ3v) is 2.94. The van der Waals surface area contributed by atoms with Gasteiger partial charge < -0.3 is 5.73 Å². The van der Waals surface area contributed by atoms with Gasteiger partial charge in [0, 0.05) is 22.5 Å². The van der Waals surface area contributed by atoms with Crippen LogP contribution in [-0.2, 0) is 12.8 Å². The summed E-state index contributed by atoms with van der Waals surface area (Å²) < 4.78 is 0. The van der Waals surface area contributed by atoms with Crippen LogP contribution in [0.15, 0.2) is 42.6 Å². The van der Waals surface area contributed by atoms with E-state index in [-0.39, 0.29) is 0 Å². The Bertz CT molecular complexity index is 552. The second-order valence-electron chi connectivity index (χ2n) is 4.03. The zero-order valence-electron chi connectivity index (χ0n) is 9.77. The van der Waals surface area contributed by atoms with E-state index in [2.05, 4.69) is 4.98 Å². The van der Waals surface area contributed by atoms with Crippen LogP contribution in [0.25, 0.3) is 0 Å². The molecule has 1 aromatic carbocycles. The lowest BCUT2D eigenvalue weighted by Gasteiger charge is -2.03. The molecular weight excluding hydrogens is 248 g/mol. The Balaban J connectivity index is 2.04. The van der Waals surface area contributed by atoms with Crippen LogP contribution in [0.2, 0.25) is 5.02 Å². The van der Waals surface area contributed by atoms with Crippen LogP contribution in [-0.4, -0.2) is 10.9 Å². The molecule has 2 rings (SSSR count). The first kappa shape index (κ1) is 12.6. The molecule has 0 unspecified atom stereocenters. The highest BCUT2D eigenvalue weighted by molar-refractivity contribution is 6.30. The molecule has 0 bridgehead atoms. The number of rotatable bonds is 4. The average Bonchev–Trinajstić information content (AvgIpc) is 2.38. The van der Waals surface area contributed by atoms with Gasteiger partial charge in [0.1, 0.15) is 0 Å². The van der Waals surface area contributed by atoms with Crippen molar-refractivity contribution in [2.75, 3.05) is 0 Å². The standard InChI is InChI=1S/C14H13ClN2O/c15-12-4-1-10(2-5-12)3-6-13-9-11(14(16)18)7-8-17-13/h1-2,4-5,7-9H,3,6H2,(H2,16,18). The molecule has 18 heavy (non-hydrogen) atoms. The number of aromatic nitrogens is 1. The fourth-order valence-electron chi connectivity index (χ4n) is 1.69. The van der Waals surface area contributed by atoms with E-state index in [0.29, 0.717) is 5.56 Å². The second kappa shape index (κ2) is 5.65. The van der Waals surface area contributed by atoms with Crippen LogP contribution in [0.5, 0.6) is 0 Å². The van der Waals surface area contributed by atoms with Crippen molar-refractivity contribution >= 4 is 17.5 Å². The Kier molecular flexibility index (Phi) is 3.95. The first-order chi connectivity index (χ1) is 8.65. The first-order valence-electron chi connectivity index (χ1n) is 5.64. The van der Waals surface area contributed by atoms with Gasteiger partial charge in [0.2, 0.25) is 5.91 Å². The number of nitrogens with two attached hydrogens (primary N) is 1. The van der Waals surface area contributed by atoms with Crippen molar-refractivity contribution < 1.29 is 4.79 Å². The van der Waals surface area contributed by atoms with Crippen molar-refractivity contribution in [2.45, 2.75) is 12.8 Å². The number of nitrogens with zero attached hydrogens (tertiary/aromatic N) is 1. The fourth-order valence-corrected chi connectivity index (χ4v) is 1.82. The number of halogens is 1. The highest BCUT2D eigenvalue weighted by Crippen LogP contribution is 2.12. The number of amides is 1. The maximum Gasteiger partial charge on any atom is 0.248 e. The molecule has 0 aliphatic heterocycles. The summed E-state index contributed by atoms with van der Waals surface area (Å²) in [6, 6.07) is 11.1. The van der Waals surface area contributed by atoms with Crippen molar-refractivity contribution in [3.8, 4) is 0 Å². The summed E-state index contributed by atoms with van der Waals surface area (Å²) in [5, 5.41) is 0.729. The van der Waals surface area contributed by atoms with Gasteiger partial charge in [-0.3, -0.25) is 9.78 Å². The summed E-state index contributed by atoms with van der Waals surface area (Å²) in [7, 11) is 0. The van der Waals surface area contributed by atoms with E-state index < -0.39 is 5.91 Å². The van der Waals surface area contributed by atoms with Crippen LogP contribution >= 0.6 is 11.6 Å². The largest absolute Gasteiger partial charge is 0.366 e. The van der Waals surface area contributed by atoms with Gasteiger partial charge in [0.15, 0.2) is 0 Å². The molecule has 1 amide bonds. The molecule has 92 valence electrons. The highest BCUT2D eigenvalue weighted by Gasteiger charge is 2.03. The molecule has 4 heteroatoms. The first-order valence-corrected chi connectivity index (χ1v) is 6.02. The minimum atomic E-state index is -0.426. The number of hydrogen-bond acceptors (Lipinski definition) is 2. The minimum Gasteiger partial charge on any atom is -0.366 e. The van der Waals surface area contributed by atoms with Crippen molar-refractivity contribution in [3.05, 3.63) is 64.4 Å². The lowest BCUT2D eigenvalue weighted by molar-refractivity contribution is 0.1000. The number of pyridine rings is 1. The number of primary amides is 1. The van der Waals surface area contributed by atoms with E-state index in [0.717, 1.165) is 23.6 Å². The predicted molar refractivity (Wildman–Crippen MR) is 71.6 cm³/mol. The van der Waals surface area contributed by atoms with Crippen LogP contribution in [0.4, 0.5) is 0 Å². The van der Waals surface area contributed by atoms with E-state index in [9.17, 15) is 4.79 Å². The Morgan fingerprint density at radius 3 is 2.56 bits per heavy atom. The Morgan fingerprint density at radius 2 is 1.89 bits per heavy atom. The van der Waals surface area contributed by atoms with Crippen molar-refractivity contribution in [1.82, 2.24) is 4.98 Å². The minimum absolute atomic E-state index is 0.426. The van der Waals surface area contributed by atoms with Gasteiger partial charge in [0.05, 0.1) is 0 Å². The van der Waals surface area contributed by atoms with Crippen LogP contribution in [0, 0.1) is 0 Å². The Hall–Kier alpha value is -1.87. The SMILES string of the molecule is NC(=O)c1ccnc(CCc2ccc(Cl)cc2)c1. The average molecular weight is 261 g/mol. The smallest absolute Gasteiger partial charge is 0.248 e. The number of carbonyl (C=O) groups is 1. The van der Waals surface area contributed by atoms with E-state index >= 15 is 0 Å². The topological polar surface area (TPSA) is 56.0 Å².